The molecular formula is C32H31ClFN7O3. The van der Waals surface area contributed by atoms with Crippen LogP contribution in [0.4, 0.5) is 15.1 Å². The Balaban J connectivity index is 1.57. The Labute approximate surface area is 258 Å². The number of ether oxygens (including phenoxy) is 1. The summed E-state index contributed by atoms with van der Waals surface area (Å²) in [5, 5.41) is 19.9. The van der Waals surface area contributed by atoms with Gasteiger partial charge in [0, 0.05) is 29.6 Å². The lowest BCUT2D eigenvalue weighted by molar-refractivity contribution is 0.0927. The smallest absolute Gasteiger partial charge is 0.410 e. The van der Waals surface area contributed by atoms with E-state index in [9.17, 15) is 9.90 Å². The number of hydrogen-bond donors (Lipinski definition) is 3. The molecule has 0 radical (unpaired) electrons. The van der Waals surface area contributed by atoms with Crippen LogP contribution in [-0.4, -0.2) is 56.3 Å². The molecule has 1 saturated carbocycles. The van der Waals surface area contributed by atoms with E-state index in [1.165, 1.54) is 18.2 Å². The maximum Gasteiger partial charge on any atom is 0.410 e. The molecule has 1 aliphatic carbocycles. The highest BCUT2D eigenvalue weighted by Crippen LogP contribution is 2.38. The Kier molecular flexibility index (Phi) is 8.46. The van der Waals surface area contributed by atoms with E-state index in [0.717, 1.165) is 31.2 Å². The molecule has 3 heterocycles. The molecule has 12 heteroatoms. The highest BCUT2D eigenvalue weighted by Gasteiger charge is 2.33. The number of terminal acetylenes is 1. The van der Waals surface area contributed by atoms with E-state index in [4.69, 9.17) is 33.2 Å². The van der Waals surface area contributed by atoms with Gasteiger partial charge < -0.3 is 19.3 Å². The van der Waals surface area contributed by atoms with Crippen molar-refractivity contribution >= 4 is 40.6 Å². The van der Waals surface area contributed by atoms with Crippen LogP contribution in [0, 0.1) is 35.4 Å². The van der Waals surface area contributed by atoms with Gasteiger partial charge in [0.25, 0.3) is 0 Å². The number of amides is 1. The van der Waals surface area contributed by atoms with Gasteiger partial charge in [-0.1, -0.05) is 41.9 Å². The molecular weight excluding hydrogens is 585 g/mol. The summed E-state index contributed by atoms with van der Waals surface area (Å²) in [6.45, 7) is 2.04. The minimum atomic E-state index is -1.44. The molecule has 3 N–H and O–H groups in total. The molecule has 0 spiro atoms. The Bertz CT molecular complexity index is 1750. The van der Waals surface area contributed by atoms with Crippen molar-refractivity contribution in [3.8, 4) is 23.6 Å². The van der Waals surface area contributed by atoms with Gasteiger partial charge in [0.2, 0.25) is 5.95 Å². The van der Waals surface area contributed by atoms with E-state index in [1.54, 1.807) is 0 Å². The van der Waals surface area contributed by atoms with Gasteiger partial charge in [-0.05, 0) is 55.4 Å². The van der Waals surface area contributed by atoms with Crippen molar-refractivity contribution in [2.75, 3.05) is 24.7 Å². The molecule has 2 aromatic carbocycles. The zero-order valence-corrected chi connectivity index (χ0v) is 24.6. The van der Waals surface area contributed by atoms with Crippen molar-refractivity contribution in [1.29, 1.82) is 5.41 Å². The number of aromatic nitrogens is 4. The Morgan fingerprint density at radius 3 is 2.66 bits per heavy atom. The summed E-state index contributed by atoms with van der Waals surface area (Å²) in [4.78, 5) is 27.6. The van der Waals surface area contributed by atoms with Gasteiger partial charge in [-0.3, -0.25) is 10.7 Å². The fraction of sp³-hybridized carbons (Fsp3) is 0.344. The molecule has 2 fully saturated rings. The van der Waals surface area contributed by atoms with E-state index in [0.29, 0.717) is 42.8 Å². The van der Waals surface area contributed by atoms with E-state index in [2.05, 4.69) is 20.8 Å². The van der Waals surface area contributed by atoms with Crippen LogP contribution in [0.25, 0.3) is 22.4 Å². The summed E-state index contributed by atoms with van der Waals surface area (Å²) in [6, 6.07) is 14.0. The van der Waals surface area contributed by atoms with Crippen LogP contribution in [0.1, 0.15) is 43.1 Å². The topological polar surface area (TPSA) is 129 Å². The Hall–Kier alpha value is -4.53. The molecule has 10 nitrogen and oxygen atoms in total. The lowest BCUT2D eigenvalue weighted by Crippen LogP contribution is -2.41. The number of halogens is 2. The van der Waals surface area contributed by atoms with Crippen LogP contribution >= 0.6 is 11.6 Å². The first-order valence-corrected chi connectivity index (χ1v) is 14.9. The number of carboxylic acid groups (broad SMARTS) is 1. The van der Waals surface area contributed by atoms with Crippen LogP contribution in [-0.2, 0) is 11.3 Å². The first-order chi connectivity index (χ1) is 21.3. The first-order valence-electron chi connectivity index (χ1n) is 14.5. The second kappa shape index (κ2) is 12.6. The number of benzene rings is 2. The summed E-state index contributed by atoms with van der Waals surface area (Å²) in [5.74, 6) is 2.67. The Morgan fingerprint density at radius 1 is 1.16 bits per heavy atom. The van der Waals surface area contributed by atoms with Crippen LogP contribution < -0.4 is 10.2 Å². The van der Waals surface area contributed by atoms with Crippen molar-refractivity contribution in [2.24, 2.45) is 11.8 Å². The molecule has 4 aromatic rings. The number of morpholine rings is 1. The number of imidazole rings is 1. The third kappa shape index (κ3) is 5.96. The fourth-order valence-corrected chi connectivity index (χ4v) is 6.29. The highest BCUT2D eigenvalue weighted by molar-refractivity contribution is 6.30. The summed E-state index contributed by atoms with van der Waals surface area (Å²) >= 11 is 6.32. The van der Waals surface area contributed by atoms with Gasteiger partial charge in [-0.15, -0.1) is 12.3 Å². The maximum absolute atomic E-state index is 15.5. The van der Waals surface area contributed by atoms with Crippen molar-refractivity contribution in [3.05, 3.63) is 70.8 Å². The molecule has 2 aliphatic rings. The summed E-state index contributed by atoms with van der Waals surface area (Å²) in [6.07, 6.45) is 7.96. The van der Waals surface area contributed by atoms with Gasteiger partial charge >= 0.3 is 6.09 Å². The molecule has 1 atom stereocenters. The quantitative estimate of drug-likeness (QED) is 0.140. The van der Waals surface area contributed by atoms with Gasteiger partial charge in [0.1, 0.15) is 17.0 Å². The van der Waals surface area contributed by atoms with Crippen molar-refractivity contribution in [1.82, 2.24) is 24.8 Å². The molecule has 0 unspecified atom stereocenters. The van der Waals surface area contributed by atoms with Gasteiger partial charge in [-0.25, -0.2) is 19.2 Å². The molecule has 6 rings (SSSR count). The normalized spacial score (nSPS) is 20.3. The van der Waals surface area contributed by atoms with Gasteiger partial charge in [-0.2, -0.15) is 4.98 Å². The van der Waals surface area contributed by atoms with Crippen molar-refractivity contribution in [2.45, 2.75) is 38.3 Å². The number of amidine groups is 1. The molecule has 1 aliphatic heterocycles. The van der Waals surface area contributed by atoms with Gasteiger partial charge in [0.05, 0.1) is 19.3 Å². The number of fused-ring (bicyclic) bond motifs is 1. The van der Waals surface area contributed by atoms with Crippen LogP contribution in [0.15, 0.2) is 48.5 Å². The summed E-state index contributed by atoms with van der Waals surface area (Å²) in [7, 11) is 0. The van der Waals surface area contributed by atoms with Crippen LogP contribution in [0.5, 0.6) is 0 Å². The minimum Gasteiger partial charge on any atom is -0.465 e. The standard InChI is InChI=1S/C32H31ClFN7O3/c1-2-19-8-10-20(11-9-19)17-41-27-26(23-16-22(33)12-13-24(23)34)36-30(28(35)37-32(42)43)38-29(27)39-31(41)40-14-15-44-18-25(40)21-6-4-3-5-7-21/h1,3-7,12-13,16,19-20,25H,8-11,14-15,17-18H2,(H2,35,37)(H,42,43)/t19-,20-,25-/m0/s1. The largest absolute Gasteiger partial charge is 0.465 e. The molecule has 2 aromatic heterocycles. The number of carbonyl (C=O) groups is 1. The lowest BCUT2D eigenvalue weighted by Gasteiger charge is -2.37. The predicted octanol–water partition coefficient (Wildman–Crippen LogP) is 5.90. The zero-order valence-electron chi connectivity index (χ0n) is 23.8. The summed E-state index contributed by atoms with van der Waals surface area (Å²) in [5.41, 5.74) is 2.01. The molecule has 44 heavy (non-hydrogen) atoms. The number of rotatable bonds is 6. The van der Waals surface area contributed by atoms with Crippen LogP contribution in [0.3, 0.4) is 0 Å². The van der Waals surface area contributed by atoms with Crippen molar-refractivity contribution < 1.29 is 19.0 Å². The van der Waals surface area contributed by atoms with E-state index < -0.39 is 17.7 Å². The predicted molar refractivity (Wildman–Crippen MR) is 165 cm³/mol. The highest BCUT2D eigenvalue weighted by atomic mass is 35.5. The number of hydrogen-bond acceptors (Lipinski definition) is 7. The number of nitrogens with zero attached hydrogens (tertiary/aromatic N) is 5. The zero-order chi connectivity index (χ0) is 30.8. The van der Waals surface area contributed by atoms with Gasteiger partial charge in [0.15, 0.2) is 17.3 Å². The average molecular weight is 616 g/mol. The average Bonchev–Trinajstić information content (AvgIpc) is 3.40. The minimum absolute atomic E-state index is 0.0969. The third-order valence-electron chi connectivity index (χ3n) is 8.31. The Morgan fingerprint density at radius 2 is 1.93 bits per heavy atom. The number of anilines is 1. The first kappa shape index (κ1) is 29.5. The summed E-state index contributed by atoms with van der Waals surface area (Å²) < 4.78 is 23.4. The second-order valence-electron chi connectivity index (χ2n) is 11.1. The molecule has 1 amide bonds. The van der Waals surface area contributed by atoms with E-state index in [-0.39, 0.29) is 40.6 Å². The van der Waals surface area contributed by atoms with E-state index in [1.807, 2.05) is 40.2 Å². The molecule has 1 saturated heterocycles. The maximum atomic E-state index is 15.5. The number of nitrogens with one attached hydrogen (secondary N) is 2. The second-order valence-corrected chi connectivity index (χ2v) is 11.5. The fourth-order valence-electron chi connectivity index (χ4n) is 6.12. The lowest BCUT2D eigenvalue weighted by atomic mass is 9.82. The SMILES string of the molecule is C#C[C@H]1CC[C@H](Cn2c(N3CCOC[C@H]3c3ccccc3)nc3nc(C(=N)NC(=O)O)nc(-c4cc(Cl)ccc4F)c32)CC1. The molecule has 226 valence electrons. The third-order valence-corrected chi connectivity index (χ3v) is 8.55. The molecule has 0 bridgehead atoms. The monoisotopic (exact) mass is 615 g/mol. The van der Waals surface area contributed by atoms with E-state index >= 15 is 4.39 Å². The van der Waals surface area contributed by atoms with Crippen molar-refractivity contribution in [3.63, 3.8) is 0 Å². The van der Waals surface area contributed by atoms with Crippen LogP contribution in [0.2, 0.25) is 5.02 Å².